The SMILES string of the molecule is CC(O)(CN1CCOCC1C(=O)O)c1ccccc1. The van der Waals surface area contributed by atoms with Crippen LogP contribution in [0.1, 0.15) is 12.5 Å². The van der Waals surface area contributed by atoms with Gasteiger partial charge in [0.2, 0.25) is 0 Å². The van der Waals surface area contributed by atoms with Crippen LogP contribution in [0.4, 0.5) is 0 Å². The Bertz CT molecular complexity index is 432. The Morgan fingerprint density at radius 3 is 2.79 bits per heavy atom. The van der Waals surface area contributed by atoms with Gasteiger partial charge < -0.3 is 14.9 Å². The molecule has 104 valence electrons. The van der Waals surface area contributed by atoms with Crippen LogP contribution < -0.4 is 0 Å². The fraction of sp³-hybridized carbons (Fsp3) is 0.500. The molecule has 19 heavy (non-hydrogen) atoms. The summed E-state index contributed by atoms with van der Waals surface area (Å²) in [5.74, 6) is -0.913. The number of β-amino-alcohol motifs (C(OH)–C–C–N with tert-alkyl or cyclic N) is 1. The van der Waals surface area contributed by atoms with E-state index in [1.54, 1.807) is 11.8 Å². The molecule has 1 aliphatic heterocycles. The van der Waals surface area contributed by atoms with E-state index in [2.05, 4.69) is 0 Å². The van der Waals surface area contributed by atoms with Gasteiger partial charge in [0.25, 0.3) is 0 Å². The molecule has 0 bridgehead atoms. The standard InChI is InChI=1S/C14H19NO4/c1-14(18,11-5-3-2-4-6-11)10-15-7-8-19-9-12(15)13(16)17/h2-6,12,18H,7-10H2,1H3,(H,16,17). The number of hydrogen-bond acceptors (Lipinski definition) is 4. The molecule has 5 heteroatoms. The molecule has 1 aromatic carbocycles. The quantitative estimate of drug-likeness (QED) is 0.837. The summed E-state index contributed by atoms with van der Waals surface area (Å²) in [5, 5.41) is 19.7. The topological polar surface area (TPSA) is 70.0 Å². The first-order chi connectivity index (χ1) is 9.00. The summed E-state index contributed by atoms with van der Waals surface area (Å²) in [7, 11) is 0. The highest BCUT2D eigenvalue weighted by Gasteiger charge is 2.34. The molecule has 2 atom stereocenters. The number of rotatable bonds is 4. The van der Waals surface area contributed by atoms with E-state index >= 15 is 0 Å². The van der Waals surface area contributed by atoms with Gasteiger partial charge in [0, 0.05) is 13.1 Å². The van der Waals surface area contributed by atoms with Gasteiger partial charge in [-0.3, -0.25) is 9.69 Å². The first-order valence-corrected chi connectivity index (χ1v) is 6.33. The van der Waals surface area contributed by atoms with E-state index in [-0.39, 0.29) is 13.2 Å². The van der Waals surface area contributed by atoms with Gasteiger partial charge in [0.1, 0.15) is 6.04 Å². The van der Waals surface area contributed by atoms with E-state index < -0.39 is 17.6 Å². The molecule has 0 radical (unpaired) electrons. The lowest BCUT2D eigenvalue weighted by molar-refractivity contribution is -0.152. The summed E-state index contributed by atoms with van der Waals surface area (Å²) in [5.41, 5.74) is -0.294. The number of aliphatic carboxylic acids is 1. The predicted molar refractivity (Wildman–Crippen MR) is 69.8 cm³/mol. The van der Waals surface area contributed by atoms with Crippen LogP contribution in [-0.4, -0.2) is 53.4 Å². The van der Waals surface area contributed by atoms with Crippen molar-refractivity contribution in [3.8, 4) is 0 Å². The summed E-state index contributed by atoms with van der Waals surface area (Å²) in [6, 6.07) is 8.60. The zero-order chi connectivity index (χ0) is 13.9. The van der Waals surface area contributed by atoms with Crippen LogP contribution in [-0.2, 0) is 15.1 Å². The monoisotopic (exact) mass is 265 g/mol. The Hall–Kier alpha value is -1.43. The van der Waals surface area contributed by atoms with Crippen LogP contribution in [0.2, 0.25) is 0 Å². The van der Waals surface area contributed by atoms with Crippen molar-refractivity contribution >= 4 is 5.97 Å². The summed E-state index contributed by atoms with van der Waals surface area (Å²) < 4.78 is 5.19. The summed E-state index contributed by atoms with van der Waals surface area (Å²) in [4.78, 5) is 12.9. The molecule has 0 saturated carbocycles. The minimum absolute atomic E-state index is 0.167. The normalized spacial score (nSPS) is 23.8. The van der Waals surface area contributed by atoms with Gasteiger partial charge in [0.15, 0.2) is 0 Å². The molecule has 1 aliphatic rings. The number of morpholine rings is 1. The minimum atomic E-state index is -1.08. The second-order valence-electron chi connectivity index (χ2n) is 5.04. The smallest absolute Gasteiger partial charge is 0.323 e. The zero-order valence-corrected chi connectivity index (χ0v) is 11.0. The fourth-order valence-corrected chi connectivity index (χ4v) is 2.34. The van der Waals surface area contributed by atoms with Gasteiger partial charge in [-0.25, -0.2) is 0 Å². The molecule has 1 aromatic rings. The first-order valence-electron chi connectivity index (χ1n) is 6.33. The van der Waals surface area contributed by atoms with E-state index in [0.717, 1.165) is 5.56 Å². The summed E-state index contributed by atoms with van der Waals surface area (Å²) in [6.07, 6.45) is 0. The number of benzene rings is 1. The Kier molecular flexibility index (Phi) is 4.19. The van der Waals surface area contributed by atoms with Crippen molar-refractivity contribution in [2.75, 3.05) is 26.3 Å². The van der Waals surface area contributed by atoms with Crippen LogP contribution in [0.15, 0.2) is 30.3 Å². The maximum absolute atomic E-state index is 11.2. The minimum Gasteiger partial charge on any atom is -0.480 e. The maximum atomic E-state index is 11.2. The predicted octanol–water partition coefficient (Wildman–Crippen LogP) is 0.679. The molecule has 2 N–H and O–H groups in total. The Morgan fingerprint density at radius 1 is 1.47 bits per heavy atom. The largest absolute Gasteiger partial charge is 0.480 e. The Balaban J connectivity index is 2.12. The van der Waals surface area contributed by atoms with Gasteiger partial charge in [-0.2, -0.15) is 0 Å². The molecule has 2 rings (SSSR count). The van der Waals surface area contributed by atoms with Gasteiger partial charge in [-0.05, 0) is 12.5 Å². The third kappa shape index (κ3) is 3.32. The van der Waals surface area contributed by atoms with Crippen LogP contribution in [0.5, 0.6) is 0 Å². The average molecular weight is 265 g/mol. The van der Waals surface area contributed by atoms with Crippen molar-refractivity contribution in [1.82, 2.24) is 4.90 Å². The third-order valence-corrected chi connectivity index (χ3v) is 3.43. The van der Waals surface area contributed by atoms with Crippen molar-refractivity contribution in [1.29, 1.82) is 0 Å². The first kappa shape index (κ1) is 14.0. The lowest BCUT2D eigenvalue weighted by atomic mass is 9.94. The highest BCUT2D eigenvalue weighted by atomic mass is 16.5. The van der Waals surface area contributed by atoms with E-state index in [0.29, 0.717) is 13.2 Å². The van der Waals surface area contributed by atoms with Crippen molar-refractivity contribution in [3.05, 3.63) is 35.9 Å². The van der Waals surface area contributed by atoms with Gasteiger partial charge >= 0.3 is 5.97 Å². The highest BCUT2D eigenvalue weighted by molar-refractivity contribution is 5.73. The van der Waals surface area contributed by atoms with Crippen LogP contribution >= 0.6 is 0 Å². The molecular formula is C14H19NO4. The molecule has 1 saturated heterocycles. The van der Waals surface area contributed by atoms with Crippen LogP contribution in [0.3, 0.4) is 0 Å². The molecule has 0 aromatic heterocycles. The summed E-state index contributed by atoms with van der Waals surface area (Å²) in [6.45, 7) is 3.16. The van der Waals surface area contributed by atoms with E-state index in [9.17, 15) is 15.0 Å². The molecule has 0 aliphatic carbocycles. The average Bonchev–Trinajstić information content (AvgIpc) is 2.39. The van der Waals surface area contributed by atoms with Crippen molar-refractivity contribution in [2.45, 2.75) is 18.6 Å². The highest BCUT2D eigenvalue weighted by Crippen LogP contribution is 2.23. The van der Waals surface area contributed by atoms with Crippen molar-refractivity contribution in [3.63, 3.8) is 0 Å². The molecular weight excluding hydrogens is 246 g/mol. The number of carboxylic acids is 1. The fourth-order valence-electron chi connectivity index (χ4n) is 2.34. The van der Waals surface area contributed by atoms with Gasteiger partial charge in [-0.15, -0.1) is 0 Å². The van der Waals surface area contributed by atoms with Crippen molar-refractivity contribution in [2.24, 2.45) is 0 Å². The summed E-state index contributed by atoms with van der Waals surface area (Å²) >= 11 is 0. The molecule has 0 amide bonds. The van der Waals surface area contributed by atoms with Gasteiger partial charge in [0.05, 0.1) is 18.8 Å². The number of carboxylic acid groups (broad SMARTS) is 1. The van der Waals surface area contributed by atoms with Crippen molar-refractivity contribution < 1.29 is 19.7 Å². The van der Waals surface area contributed by atoms with E-state index in [1.807, 2.05) is 30.3 Å². The lowest BCUT2D eigenvalue weighted by Crippen LogP contribution is -2.54. The van der Waals surface area contributed by atoms with E-state index in [4.69, 9.17) is 4.74 Å². The van der Waals surface area contributed by atoms with Crippen LogP contribution in [0, 0.1) is 0 Å². The molecule has 0 spiro atoms. The zero-order valence-electron chi connectivity index (χ0n) is 11.0. The molecule has 1 fully saturated rings. The number of hydrogen-bond donors (Lipinski definition) is 2. The molecule has 2 unspecified atom stereocenters. The number of aliphatic hydroxyl groups is 1. The second-order valence-corrected chi connectivity index (χ2v) is 5.04. The Labute approximate surface area is 112 Å². The van der Waals surface area contributed by atoms with Crippen LogP contribution in [0.25, 0.3) is 0 Å². The van der Waals surface area contributed by atoms with E-state index in [1.165, 1.54) is 0 Å². The third-order valence-electron chi connectivity index (χ3n) is 3.43. The maximum Gasteiger partial charge on any atom is 0.323 e. The lowest BCUT2D eigenvalue weighted by Gasteiger charge is -2.37. The number of nitrogens with zero attached hydrogens (tertiary/aromatic N) is 1. The Morgan fingerprint density at radius 2 is 2.16 bits per heavy atom. The molecule has 1 heterocycles. The number of carbonyl (C=O) groups is 1. The molecule has 5 nitrogen and oxygen atoms in total. The number of ether oxygens (including phenoxy) is 1. The van der Waals surface area contributed by atoms with Gasteiger partial charge in [-0.1, -0.05) is 30.3 Å². The second kappa shape index (κ2) is 5.69.